The summed E-state index contributed by atoms with van der Waals surface area (Å²) in [4.78, 5) is 26.8. The average molecular weight is 212 g/mol. The fraction of sp³-hybridized carbons (Fsp3) is 0.556. The van der Waals surface area contributed by atoms with E-state index < -0.39 is 0 Å². The van der Waals surface area contributed by atoms with Gasteiger partial charge in [0.1, 0.15) is 5.69 Å². The first-order valence-electron chi connectivity index (χ1n) is 4.64. The Morgan fingerprint density at radius 1 is 1.71 bits per heavy atom. The first kappa shape index (κ1) is 9.45. The predicted octanol–water partition coefficient (Wildman–Crippen LogP) is 0.918. The molecule has 4 nitrogen and oxygen atoms in total. The maximum Gasteiger partial charge on any atom is 0.305 e. The third-order valence-corrected chi connectivity index (χ3v) is 3.13. The number of rotatable bonds is 1. The monoisotopic (exact) mass is 212 g/mol. The summed E-state index contributed by atoms with van der Waals surface area (Å²) in [7, 11) is 0. The molecule has 1 amide bonds. The van der Waals surface area contributed by atoms with E-state index in [1.807, 2.05) is 0 Å². The molecule has 1 saturated heterocycles. The molecule has 1 atom stereocenters. The van der Waals surface area contributed by atoms with Gasteiger partial charge in [-0.15, -0.1) is 0 Å². The zero-order valence-corrected chi connectivity index (χ0v) is 8.76. The quantitative estimate of drug-likeness (QED) is 0.752. The molecule has 0 spiro atoms. The summed E-state index contributed by atoms with van der Waals surface area (Å²) < 4.78 is 0. The Balaban J connectivity index is 2.13. The molecule has 1 fully saturated rings. The highest BCUT2D eigenvalue weighted by Crippen LogP contribution is 2.17. The average Bonchev–Trinajstić information content (AvgIpc) is 2.73. The molecule has 1 aliphatic rings. The zero-order chi connectivity index (χ0) is 10.1. The minimum Gasteiger partial charge on any atom is -0.337 e. The second kappa shape index (κ2) is 3.57. The third kappa shape index (κ3) is 1.72. The molecular formula is C9H12N2O2S. The summed E-state index contributed by atoms with van der Waals surface area (Å²) in [6.45, 7) is 3.73. The Hall–Kier alpha value is -1.10. The van der Waals surface area contributed by atoms with Gasteiger partial charge in [0.25, 0.3) is 5.91 Å². The summed E-state index contributed by atoms with van der Waals surface area (Å²) in [5.41, 5.74) is 0.425. The van der Waals surface area contributed by atoms with Crippen molar-refractivity contribution >= 4 is 17.2 Å². The number of carbonyl (C=O) groups is 1. The van der Waals surface area contributed by atoms with Crippen molar-refractivity contribution in [3.63, 3.8) is 0 Å². The number of nitrogens with zero attached hydrogens (tertiary/aromatic N) is 1. The first-order valence-corrected chi connectivity index (χ1v) is 5.52. The standard InChI is InChI=1S/C9H12N2O2S/c1-6-2-3-11(4-6)8(12)7-5-14-9(13)10-7/h5-6H,2-4H2,1H3,(H,10,13). The van der Waals surface area contributed by atoms with Crippen LogP contribution in [-0.2, 0) is 0 Å². The van der Waals surface area contributed by atoms with Crippen molar-refractivity contribution < 1.29 is 4.79 Å². The molecule has 1 unspecified atom stereocenters. The molecular weight excluding hydrogens is 200 g/mol. The minimum absolute atomic E-state index is 0.0484. The van der Waals surface area contributed by atoms with Gasteiger partial charge in [-0.25, -0.2) is 0 Å². The van der Waals surface area contributed by atoms with E-state index in [0.29, 0.717) is 11.6 Å². The summed E-state index contributed by atoms with van der Waals surface area (Å²) in [6, 6.07) is 0. The van der Waals surface area contributed by atoms with Crippen LogP contribution in [0.2, 0.25) is 0 Å². The van der Waals surface area contributed by atoms with Crippen molar-refractivity contribution in [1.82, 2.24) is 9.88 Å². The molecule has 1 aromatic rings. The summed E-state index contributed by atoms with van der Waals surface area (Å²) in [5, 5.41) is 1.59. The number of hydrogen-bond acceptors (Lipinski definition) is 3. The molecule has 2 heterocycles. The largest absolute Gasteiger partial charge is 0.337 e. The summed E-state index contributed by atoms with van der Waals surface area (Å²) in [6.07, 6.45) is 1.06. The van der Waals surface area contributed by atoms with Gasteiger partial charge in [0.05, 0.1) is 0 Å². The molecule has 14 heavy (non-hydrogen) atoms. The SMILES string of the molecule is CC1CCN(C(=O)c2csc(=O)[nH]2)C1. The van der Waals surface area contributed by atoms with Crippen molar-refractivity contribution in [3.8, 4) is 0 Å². The molecule has 0 aliphatic carbocycles. The Kier molecular flexibility index (Phi) is 2.41. The third-order valence-electron chi connectivity index (χ3n) is 2.46. The number of amides is 1. The van der Waals surface area contributed by atoms with Gasteiger partial charge in [-0.3, -0.25) is 9.59 Å². The van der Waals surface area contributed by atoms with Gasteiger partial charge >= 0.3 is 4.87 Å². The molecule has 0 aromatic carbocycles. The molecule has 0 radical (unpaired) electrons. The number of H-pyrrole nitrogens is 1. The number of aromatic amines is 1. The summed E-state index contributed by atoms with van der Waals surface area (Å²) >= 11 is 1.03. The second-order valence-electron chi connectivity index (χ2n) is 3.71. The van der Waals surface area contributed by atoms with Crippen LogP contribution in [0, 0.1) is 5.92 Å². The van der Waals surface area contributed by atoms with E-state index in [1.54, 1.807) is 10.3 Å². The molecule has 0 saturated carbocycles. The predicted molar refractivity (Wildman–Crippen MR) is 54.6 cm³/mol. The maximum atomic E-state index is 11.8. The normalized spacial score (nSPS) is 21.5. The van der Waals surface area contributed by atoms with Crippen LogP contribution in [0.3, 0.4) is 0 Å². The second-order valence-corrected chi connectivity index (χ2v) is 4.55. The Morgan fingerprint density at radius 2 is 2.50 bits per heavy atom. The number of carbonyl (C=O) groups excluding carboxylic acids is 1. The fourth-order valence-corrected chi connectivity index (χ4v) is 2.23. The zero-order valence-electron chi connectivity index (χ0n) is 7.95. The van der Waals surface area contributed by atoms with Crippen LogP contribution in [-0.4, -0.2) is 28.9 Å². The maximum absolute atomic E-state index is 11.8. The Bertz CT molecular complexity index is 396. The van der Waals surface area contributed by atoms with Crippen LogP contribution in [0.5, 0.6) is 0 Å². The van der Waals surface area contributed by atoms with Gasteiger partial charge in [0, 0.05) is 18.5 Å². The molecule has 0 bridgehead atoms. The van der Waals surface area contributed by atoms with Crippen molar-refractivity contribution in [2.24, 2.45) is 5.92 Å². The van der Waals surface area contributed by atoms with Crippen molar-refractivity contribution in [2.75, 3.05) is 13.1 Å². The molecule has 5 heteroatoms. The van der Waals surface area contributed by atoms with Crippen molar-refractivity contribution in [3.05, 3.63) is 20.7 Å². The lowest BCUT2D eigenvalue weighted by molar-refractivity contribution is 0.0783. The van der Waals surface area contributed by atoms with Crippen LogP contribution >= 0.6 is 11.3 Å². The lowest BCUT2D eigenvalue weighted by atomic mass is 10.2. The number of likely N-dealkylation sites (tertiary alicyclic amines) is 1. The van der Waals surface area contributed by atoms with Crippen LogP contribution < -0.4 is 4.87 Å². The van der Waals surface area contributed by atoms with Gasteiger partial charge in [0.15, 0.2) is 0 Å². The van der Waals surface area contributed by atoms with E-state index >= 15 is 0 Å². The van der Waals surface area contributed by atoms with E-state index in [4.69, 9.17) is 0 Å². The highest BCUT2D eigenvalue weighted by atomic mass is 32.1. The highest BCUT2D eigenvalue weighted by Gasteiger charge is 2.24. The van der Waals surface area contributed by atoms with Gasteiger partial charge < -0.3 is 9.88 Å². The lowest BCUT2D eigenvalue weighted by Gasteiger charge is -2.13. The van der Waals surface area contributed by atoms with Crippen molar-refractivity contribution in [2.45, 2.75) is 13.3 Å². The highest BCUT2D eigenvalue weighted by molar-refractivity contribution is 7.07. The van der Waals surface area contributed by atoms with Gasteiger partial charge in [-0.1, -0.05) is 18.3 Å². The van der Waals surface area contributed by atoms with E-state index in [2.05, 4.69) is 11.9 Å². The lowest BCUT2D eigenvalue weighted by Crippen LogP contribution is -2.29. The molecule has 2 rings (SSSR count). The van der Waals surface area contributed by atoms with Crippen LogP contribution in [0.15, 0.2) is 10.2 Å². The molecule has 76 valence electrons. The van der Waals surface area contributed by atoms with E-state index in [0.717, 1.165) is 30.8 Å². The van der Waals surface area contributed by atoms with Crippen LogP contribution in [0.1, 0.15) is 23.8 Å². The van der Waals surface area contributed by atoms with Crippen LogP contribution in [0.25, 0.3) is 0 Å². The van der Waals surface area contributed by atoms with Gasteiger partial charge in [0.2, 0.25) is 0 Å². The number of aromatic nitrogens is 1. The topological polar surface area (TPSA) is 53.2 Å². The Morgan fingerprint density at radius 3 is 3.00 bits per heavy atom. The smallest absolute Gasteiger partial charge is 0.305 e. The molecule has 1 aliphatic heterocycles. The van der Waals surface area contributed by atoms with E-state index in [-0.39, 0.29) is 10.8 Å². The Labute approximate surface area is 85.6 Å². The van der Waals surface area contributed by atoms with Gasteiger partial charge in [-0.05, 0) is 12.3 Å². The molecule has 1 aromatic heterocycles. The van der Waals surface area contributed by atoms with Gasteiger partial charge in [-0.2, -0.15) is 0 Å². The van der Waals surface area contributed by atoms with Crippen LogP contribution in [0.4, 0.5) is 0 Å². The number of nitrogens with one attached hydrogen (secondary N) is 1. The minimum atomic E-state index is -0.166. The van der Waals surface area contributed by atoms with E-state index in [1.165, 1.54) is 0 Å². The first-order chi connectivity index (χ1) is 6.66. The van der Waals surface area contributed by atoms with Crippen molar-refractivity contribution in [1.29, 1.82) is 0 Å². The molecule has 1 N–H and O–H groups in total. The summed E-state index contributed by atoms with van der Waals surface area (Å²) in [5.74, 6) is 0.525. The number of thiazole rings is 1. The van der Waals surface area contributed by atoms with E-state index in [9.17, 15) is 9.59 Å². The number of hydrogen-bond donors (Lipinski definition) is 1. The fourth-order valence-electron chi connectivity index (χ4n) is 1.68.